The van der Waals surface area contributed by atoms with E-state index in [1.165, 1.54) is 12.8 Å². The van der Waals surface area contributed by atoms with Gasteiger partial charge < -0.3 is 20.7 Å². The maximum Gasteiger partial charge on any atom is 0.250 e. The van der Waals surface area contributed by atoms with Gasteiger partial charge in [-0.1, -0.05) is 6.92 Å². The SMILES string of the molecule is COc1ccc(NCCN2CCC(C)CC2)c(C(N)=O)c1. The van der Waals surface area contributed by atoms with Crippen LogP contribution >= 0.6 is 0 Å². The van der Waals surface area contributed by atoms with Crippen molar-refractivity contribution < 1.29 is 9.53 Å². The Hall–Kier alpha value is -1.75. The van der Waals surface area contributed by atoms with Crippen molar-refractivity contribution >= 4 is 11.6 Å². The minimum atomic E-state index is -0.441. The molecule has 21 heavy (non-hydrogen) atoms. The normalized spacial score (nSPS) is 16.7. The fourth-order valence-electron chi connectivity index (χ4n) is 2.64. The molecule has 0 saturated carbocycles. The van der Waals surface area contributed by atoms with E-state index in [9.17, 15) is 4.79 Å². The zero-order valence-electron chi connectivity index (χ0n) is 12.9. The number of anilines is 1. The molecule has 1 aromatic rings. The molecular formula is C16H25N3O2. The Kier molecular flexibility index (Phi) is 5.44. The quantitative estimate of drug-likeness (QED) is 0.840. The van der Waals surface area contributed by atoms with Crippen LogP contribution in [0.1, 0.15) is 30.1 Å². The molecule has 116 valence electrons. The third-order valence-corrected chi connectivity index (χ3v) is 4.11. The number of hydrogen-bond acceptors (Lipinski definition) is 4. The number of benzene rings is 1. The van der Waals surface area contributed by atoms with E-state index < -0.39 is 5.91 Å². The summed E-state index contributed by atoms with van der Waals surface area (Å²) in [5.41, 5.74) is 6.67. The van der Waals surface area contributed by atoms with Crippen LogP contribution < -0.4 is 15.8 Å². The topological polar surface area (TPSA) is 67.6 Å². The number of primary amides is 1. The van der Waals surface area contributed by atoms with Crippen LogP contribution in [0.2, 0.25) is 0 Å². The number of carbonyl (C=O) groups excluding carboxylic acids is 1. The predicted molar refractivity (Wildman–Crippen MR) is 84.8 cm³/mol. The molecule has 0 aromatic heterocycles. The zero-order valence-corrected chi connectivity index (χ0v) is 12.9. The van der Waals surface area contributed by atoms with Crippen molar-refractivity contribution in [1.82, 2.24) is 4.90 Å². The van der Waals surface area contributed by atoms with E-state index in [0.29, 0.717) is 11.3 Å². The van der Waals surface area contributed by atoms with Crippen molar-refractivity contribution in [3.63, 3.8) is 0 Å². The van der Waals surface area contributed by atoms with E-state index in [1.807, 2.05) is 12.1 Å². The molecule has 0 atom stereocenters. The third-order valence-electron chi connectivity index (χ3n) is 4.11. The van der Waals surface area contributed by atoms with Gasteiger partial charge in [0.25, 0.3) is 5.91 Å². The molecule has 3 N–H and O–H groups in total. The molecule has 0 bridgehead atoms. The molecule has 5 heteroatoms. The van der Waals surface area contributed by atoms with Crippen molar-refractivity contribution in [3.05, 3.63) is 23.8 Å². The fourth-order valence-corrected chi connectivity index (χ4v) is 2.64. The Morgan fingerprint density at radius 2 is 2.14 bits per heavy atom. The van der Waals surface area contributed by atoms with Crippen LogP contribution in [0.4, 0.5) is 5.69 Å². The lowest BCUT2D eigenvalue weighted by Crippen LogP contribution is -2.36. The molecule has 1 aromatic carbocycles. The summed E-state index contributed by atoms with van der Waals surface area (Å²) in [6, 6.07) is 5.35. The molecule has 0 spiro atoms. The lowest BCUT2D eigenvalue weighted by molar-refractivity contribution is 0.100. The molecule has 1 amide bonds. The van der Waals surface area contributed by atoms with Gasteiger partial charge in [0.15, 0.2) is 0 Å². The summed E-state index contributed by atoms with van der Waals surface area (Å²) in [5, 5.41) is 3.31. The van der Waals surface area contributed by atoms with Crippen LogP contribution in [0.3, 0.4) is 0 Å². The van der Waals surface area contributed by atoms with Crippen molar-refractivity contribution in [2.24, 2.45) is 11.7 Å². The third kappa shape index (κ3) is 4.36. The number of nitrogens with one attached hydrogen (secondary N) is 1. The highest BCUT2D eigenvalue weighted by atomic mass is 16.5. The van der Waals surface area contributed by atoms with Gasteiger partial charge in [0, 0.05) is 18.8 Å². The number of hydrogen-bond donors (Lipinski definition) is 2. The Bertz CT molecular complexity index is 482. The molecule has 0 unspecified atom stereocenters. The molecule has 2 rings (SSSR count). The minimum Gasteiger partial charge on any atom is -0.497 e. The average Bonchev–Trinajstić information content (AvgIpc) is 2.49. The molecular weight excluding hydrogens is 266 g/mol. The first-order valence-electron chi connectivity index (χ1n) is 7.54. The largest absolute Gasteiger partial charge is 0.497 e. The number of carbonyl (C=O) groups is 1. The van der Waals surface area contributed by atoms with Crippen LogP contribution in [0, 0.1) is 5.92 Å². The number of nitrogens with two attached hydrogens (primary N) is 1. The van der Waals surface area contributed by atoms with Gasteiger partial charge >= 0.3 is 0 Å². The smallest absolute Gasteiger partial charge is 0.250 e. The van der Waals surface area contributed by atoms with Crippen LogP contribution in [0.5, 0.6) is 5.75 Å². The van der Waals surface area contributed by atoms with Gasteiger partial charge in [-0.2, -0.15) is 0 Å². The Morgan fingerprint density at radius 1 is 1.43 bits per heavy atom. The predicted octanol–water partition coefficient (Wildman–Crippen LogP) is 1.94. The monoisotopic (exact) mass is 291 g/mol. The number of amides is 1. The van der Waals surface area contributed by atoms with Gasteiger partial charge in [-0.25, -0.2) is 0 Å². The van der Waals surface area contributed by atoms with Gasteiger partial charge in [0.1, 0.15) is 5.75 Å². The summed E-state index contributed by atoms with van der Waals surface area (Å²) in [5.74, 6) is 1.04. The number of methoxy groups -OCH3 is 1. The summed E-state index contributed by atoms with van der Waals surface area (Å²) in [7, 11) is 1.57. The maximum absolute atomic E-state index is 11.5. The van der Waals surface area contributed by atoms with Crippen molar-refractivity contribution in [2.75, 3.05) is 38.6 Å². The van der Waals surface area contributed by atoms with Crippen molar-refractivity contribution in [2.45, 2.75) is 19.8 Å². The first-order chi connectivity index (χ1) is 10.1. The zero-order chi connectivity index (χ0) is 15.2. The second-order valence-electron chi connectivity index (χ2n) is 5.73. The van der Waals surface area contributed by atoms with E-state index in [1.54, 1.807) is 13.2 Å². The van der Waals surface area contributed by atoms with Crippen molar-refractivity contribution in [3.8, 4) is 5.75 Å². The summed E-state index contributed by atoms with van der Waals surface area (Å²) in [4.78, 5) is 14.0. The molecule has 0 radical (unpaired) electrons. The molecule has 5 nitrogen and oxygen atoms in total. The van der Waals surface area contributed by atoms with E-state index >= 15 is 0 Å². The molecule has 1 saturated heterocycles. The number of piperidine rings is 1. The number of nitrogens with zero attached hydrogens (tertiary/aromatic N) is 1. The highest BCUT2D eigenvalue weighted by molar-refractivity contribution is 5.98. The highest BCUT2D eigenvalue weighted by Crippen LogP contribution is 2.22. The summed E-state index contributed by atoms with van der Waals surface area (Å²) in [6.07, 6.45) is 2.55. The first kappa shape index (κ1) is 15.6. The second-order valence-corrected chi connectivity index (χ2v) is 5.73. The number of ether oxygens (including phenoxy) is 1. The van der Waals surface area contributed by atoms with E-state index in [-0.39, 0.29) is 0 Å². The van der Waals surface area contributed by atoms with E-state index in [2.05, 4.69) is 17.1 Å². The fraction of sp³-hybridized carbons (Fsp3) is 0.562. The molecule has 1 aliphatic heterocycles. The Morgan fingerprint density at radius 3 is 2.76 bits per heavy atom. The summed E-state index contributed by atoms with van der Waals surface area (Å²) < 4.78 is 5.13. The summed E-state index contributed by atoms with van der Waals surface area (Å²) >= 11 is 0. The van der Waals surface area contributed by atoms with E-state index in [0.717, 1.165) is 37.8 Å². The van der Waals surface area contributed by atoms with Gasteiger partial charge in [0.05, 0.1) is 12.7 Å². The van der Waals surface area contributed by atoms with Gasteiger partial charge in [0.2, 0.25) is 0 Å². The van der Waals surface area contributed by atoms with Crippen LogP contribution in [0.15, 0.2) is 18.2 Å². The summed E-state index contributed by atoms with van der Waals surface area (Å²) in [6.45, 7) is 6.42. The second kappa shape index (κ2) is 7.31. The van der Waals surface area contributed by atoms with Crippen LogP contribution in [-0.2, 0) is 0 Å². The average molecular weight is 291 g/mol. The van der Waals surface area contributed by atoms with Crippen molar-refractivity contribution in [1.29, 1.82) is 0 Å². The van der Waals surface area contributed by atoms with Crippen LogP contribution in [0.25, 0.3) is 0 Å². The first-order valence-corrected chi connectivity index (χ1v) is 7.54. The number of likely N-dealkylation sites (tertiary alicyclic amines) is 1. The lowest BCUT2D eigenvalue weighted by atomic mass is 9.99. The van der Waals surface area contributed by atoms with Gasteiger partial charge in [-0.3, -0.25) is 4.79 Å². The minimum absolute atomic E-state index is 0.441. The molecule has 0 aliphatic carbocycles. The highest BCUT2D eigenvalue weighted by Gasteiger charge is 2.15. The maximum atomic E-state index is 11.5. The number of rotatable bonds is 6. The molecule has 1 fully saturated rings. The Balaban J connectivity index is 1.89. The molecule has 1 aliphatic rings. The standard InChI is InChI=1S/C16H25N3O2/c1-12-5-8-19(9-6-12)10-7-18-15-4-3-13(21-2)11-14(15)16(17)20/h3-4,11-12,18H,5-10H2,1-2H3,(H2,17,20). The molecule has 1 heterocycles. The van der Waals surface area contributed by atoms with Crippen LogP contribution in [-0.4, -0.2) is 44.1 Å². The lowest BCUT2D eigenvalue weighted by Gasteiger charge is -2.30. The van der Waals surface area contributed by atoms with Gasteiger partial charge in [-0.15, -0.1) is 0 Å². The van der Waals surface area contributed by atoms with Gasteiger partial charge in [-0.05, 0) is 50.0 Å². The Labute approximate surface area is 126 Å². The van der Waals surface area contributed by atoms with E-state index in [4.69, 9.17) is 10.5 Å².